The molecular weight excluding hydrogens is 140 g/mol. The summed E-state index contributed by atoms with van der Waals surface area (Å²) < 4.78 is 0. The number of hydrogen-bond acceptors (Lipinski definition) is 3. The molecule has 0 radical (unpaired) electrons. The lowest BCUT2D eigenvalue weighted by Crippen LogP contribution is -1.87. The maximum absolute atomic E-state index is 8.07. The van der Waals surface area contributed by atoms with Gasteiger partial charge in [0.25, 0.3) is 0 Å². The summed E-state index contributed by atoms with van der Waals surface area (Å²) in [7, 11) is 0. The molecule has 0 heterocycles. The van der Waals surface area contributed by atoms with E-state index in [1.165, 1.54) is 0 Å². The summed E-state index contributed by atoms with van der Waals surface area (Å²) >= 11 is 5.36. The second-order valence-electron chi connectivity index (χ2n) is 1.22. The lowest BCUT2D eigenvalue weighted by molar-refractivity contribution is 0.159. The Morgan fingerprint density at radius 1 is 1.89 bits per heavy atom. The van der Waals surface area contributed by atoms with E-state index in [9.17, 15) is 0 Å². The van der Waals surface area contributed by atoms with Crippen molar-refractivity contribution in [3.8, 4) is 6.07 Å². The Labute approximate surface area is 58.9 Å². The predicted molar refractivity (Wildman–Crippen MR) is 35.1 cm³/mol. The van der Waals surface area contributed by atoms with Crippen molar-refractivity contribution in [1.82, 2.24) is 0 Å². The minimum Gasteiger partial charge on any atom is -0.395 e. The van der Waals surface area contributed by atoms with E-state index in [2.05, 4.69) is 9.99 Å². The van der Waals surface area contributed by atoms with Crippen LogP contribution in [0.25, 0.3) is 0 Å². The van der Waals surface area contributed by atoms with Crippen LogP contribution in [0.4, 0.5) is 0 Å². The van der Waals surface area contributed by atoms with Gasteiger partial charge in [0.1, 0.15) is 6.61 Å². The molecule has 0 aromatic heterocycles. The number of halogens is 1. The molecule has 0 amide bonds. The summed E-state index contributed by atoms with van der Waals surface area (Å²) in [5, 5.41) is 11.7. The first kappa shape index (κ1) is 8.25. The van der Waals surface area contributed by atoms with Crippen molar-refractivity contribution in [2.45, 2.75) is 13.3 Å². The van der Waals surface area contributed by atoms with E-state index in [-0.39, 0.29) is 11.6 Å². The molecule has 0 unspecified atom stereocenters. The molecule has 0 bridgehead atoms. The highest BCUT2D eigenvalue weighted by atomic mass is 35.5. The van der Waals surface area contributed by atoms with Crippen LogP contribution in [0, 0.1) is 11.3 Å². The highest BCUT2D eigenvalue weighted by Gasteiger charge is 1.90. The fourth-order valence-electron chi connectivity index (χ4n) is 0.232. The molecule has 0 saturated heterocycles. The Kier molecular flexibility index (Phi) is 4.94. The average Bonchev–Trinajstić information content (AvgIpc) is 1.85. The highest BCUT2D eigenvalue weighted by Crippen LogP contribution is 1.91. The standard InChI is InChI=1S/C5H7ClN2O/c1-2-9-8-5(6)3-4-7/h2-3H2,1H3. The molecule has 0 fully saturated rings. The summed E-state index contributed by atoms with van der Waals surface area (Å²) in [5.74, 6) is 0. The van der Waals surface area contributed by atoms with Crippen molar-refractivity contribution in [3.63, 3.8) is 0 Å². The molecule has 0 aromatic carbocycles. The molecule has 50 valence electrons. The number of rotatable bonds is 3. The largest absolute Gasteiger partial charge is 0.395 e. The number of nitrogens with zero attached hydrogens (tertiary/aromatic N) is 2. The van der Waals surface area contributed by atoms with Crippen LogP contribution in [0.5, 0.6) is 0 Å². The van der Waals surface area contributed by atoms with Crippen molar-refractivity contribution in [3.05, 3.63) is 0 Å². The van der Waals surface area contributed by atoms with Gasteiger partial charge in [0.05, 0.1) is 12.5 Å². The van der Waals surface area contributed by atoms with E-state index < -0.39 is 0 Å². The van der Waals surface area contributed by atoms with Gasteiger partial charge >= 0.3 is 0 Å². The lowest BCUT2D eigenvalue weighted by Gasteiger charge is -1.90. The van der Waals surface area contributed by atoms with Gasteiger partial charge in [-0.2, -0.15) is 5.26 Å². The van der Waals surface area contributed by atoms with Gasteiger partial charge in [-0.25, -0.2) is 0 Å². The Balaban J connectivity index is 3.46. The molecule has 0 aliphatic heterocycles. The lowest BCUT2D eigenvalue weighted by atomic mass is 10.5. The van der Waals surface area contributed by atoms with E-state index in [0.717, 1.165) is 0 Å². The summed E-state index contributed by atoms with van der Waals surface area (Å²) in [5.41, 5.74) is 0. The van der Waals surface area contributed by atoms with Gasteiger partial charge in [-0.3, -0.25) is 0 Å². The van der Waals surface area contributed by atoms with Crippen molar-refractivity contribution in [1.29, 1.82) is 5.26 Å². The van der Waals surface area contributed by atoms with Gasteiger partial charge < -0.3 is 4.84 Å². The Morgan fingerprint density at radius 2 is 2.56 bits per heavy atom. The fourth-order valence-corrected chi connectivity index (χ4v) is 0.341. The molecule has 3 nitrogen and oxygen atoms in total. The van der Waals surface area contributed by atoms with Crippen LogP contribution >= 0.6 is 11.6 Å². The Morgan fingerprint density at radius 3 is 3.00 bits per heavy atom. The molecule has 0 aliphatic carbocycles. The molecule has 0 aliphatic rings. The molecule has 4 heteroatoms. The summed E-state index contributed by atoms with van der Waals surface area (Å²) in [6.45, 7) is 2.27. The van der Waals surface area contributed by atoms with Crippen LogP contribution < -0.4 is 0 Å². The third-order valence-corrected chi connectivity index (χ3v) is 0.720. The van der Waals surface area contributed by atoms with Crippen molar-refractivity contribution in [2.24, 2.45) is 5.16 Å². The van der Waals surface area contributed by atoms with E-state index in [1.54, 1.807) is 6.92 Å². The smallest absolute Gasteiger partial charge is 0.159 e. The maximum Gasteiger partial charge on any atom is 0.159 e. The molecule has 0 rings (SSSR count). The van der Waals surface area contributed by atoms with Gasteiger partial charge in [0.15, 0.2) is 5.17 Å². The third-order valence-electron chi connectivity index (χ3n) is 0.518. The zero-order valence-corrected chi connectivity index (χ0v) is 5.85. The van der Waals surface area contributed by atoms with Crippen LogP contribution in [0.2, 0.25) is 0 Å². The number of hydrogen-bond donors (Lipinski definition) is 0. The van der Waals surface area contributed by atoms with E-state index in [1.807, 2.05) is 6.07 Å². The van der Waals surface area contributed by atoms with Gasteiger partial charge in [-0.05, 0) is 6.92 Å². The molecular formula is C5H7ClN2O. The van der Waals surface area contributed by atoms with Crippen LogP contribution in [-0.4, -0.2) is 11.8 Å². The third kappa shape index (κ3) is 5.12. The second-order valence-corrected chi connectivity index (χ2v) is 1.66. The van der Waals surface area contributed by atoms with Crippen LogP contribution in [0.3, 0.4) is 0 Å². The normalized spacial score (nSPS) is 10.6. The zero-order chi connectivity index (χ0) is 7.11. The molecule has 9 heavy (non-hydrogen) atoms. The maximum atomic E-state index is 8.07. The molecule has 0 aromatic rings. The minimum atomic E-state index is 0.113. The van der Waals surface area contributed by atoms with Gasteiger partial charge in [-0.1, -0.05) is 16.8 Å². The van der Waals surface area contributed by atoms with Gasteiger partial charge in [-0.15, -0.1) is 0 Å². The zero-order valence-electron chi connectivity index (χ0n) is 5.09. The predicted octanol–water partition coefficient (Wildman–Crippen LogP) is 1.49. The van der Waals surface area contributed by atoms with E-state index >= 15 is 0 Å². The molecule has 0 spiro atoms. The monoisotopic (exact) mass is 146 g/mol. The van der Waals surface area contributed by atoms with Gasteiger partial charge in [0.2, 0.25) is 0 Å². The molecule has 0 atom stereocenters. The number of nitriles is 1. The molecule has 0 N–H and O–H groups in total. The van der Waals surface area contributed by atoms with Crippen molar-refractivity contribution < 1.29 is 4.84 Å². The Bertz CT molecular complexity index is 138. The number of oxime groups is 1. The SMILES string of the molecule is CCON=C(Cl)CC#N. The second kappa shape index (κ2) is 5.39. The highest BCUT2D eigenvalue weighted by molar-refractivity contribution is 6.65. The summed E-state index contributed by atoms with van der Waals surface area (Å²) in [6, 6.07) is 1.83. The first-order valence-electron chi connectivity index (χ1n) is 2.52. The van der Waals surface area contributed by atoms with E-state index in [0.29, 0.717) is 6.61 Å². The molecule has 0 saturated carbocycles. The summed E-state index contributed by atoms with van der Waals surface area (Å²) in [4.78, 5) is 4.55. The van der Waals surface area contributed by atoms with Gasteiger partial charge in [0, 0.05) is 0 Å². The minimum absolute atomic E-state index is 0.113. The van der Waals surface area contributed by atoms with Crippen molar-refractivity contribution in [2.75, 3.05) is 6.61 Å². The quantitative estimate of drug-likeness (QED) is 0.447. The van der Waals surface area contributed by atoms with E-state index in [4.69, 9.17) is 16.9 Å². The van der Waals surface area contributed by atoms with Crippen LogP contribution in [0.1, 0.15) is 13.3 Å². The topological polar surface area (TPSA) is 45.4 Å². The van der Waals surface area contributed by atoms with Crippen LogP contribution in [0.15, 0.2) is 5.16 Å². The average molecular weight is 147 g/mol. The summed E-state index contributed by atoms with van der Waals surface area (Å²) in [6.07, 6.45) is 0.113. The first-order chi connectivity index (χ1) is 4.31. The Hall–Kier alpha value is -0.750. The van der Waals surface area contributed by atoms with Crippen LogP contribution in [-0.2, 0) is 4.84 Å². The first-order valence-corrected chi connectivity index (χ1v) is 2.90. The fraction of sp³-hybridized carbons (Fsp3) is 0.600. The van der Waals surface area contributed by atoms with Crippen molar-refractivity contribution >= 4 is 16.8 Å².